The molecule has 0 aliphatic heterocycles. The number of ketones is 3. The van der Waals surface area contributed by atoms with E-state index in [1.54, 1.807) is 0 Å². The quantitative estimate of drug-likeness (QED) is 0.766. The molecule has 29 heavy (non-hydrogen) atoms. The average molecular weight is 403 g/mol. The van der Waals surface area contributed by atoms with Gasteiger partial charge in [-0.05, 0) is 60.7 Å². The second kappa shape index (κ2) is 7.02. The minimum atomic E-state index is -0.792. The largest absolute Gasteiger partial charge is 0.481 e. The Morgan fingerprint density at radius 1 is 1.10 bits per heavy atom. The van der Waals surface area contributed by atoms with Gasteiger partial charge in [0.1, 0.15) is 17.3 Å². The van der Waals surface area contributed by atoms with Gasteiger partial charge < -0.3 is 5.11 Å². The van der Waals surface area contributed by atoms with Gasteiger partial charge in [0.2, 0.25) is 0 Å². The summed E-state index contributed by atoms with van der Waals surface area (Å²) in [5.41, 5.74) is -0.598. The maximum Gasteiger partial charge on any atom is 0.303 e. The topological polar surface area (TPSA) is 88.5 Å². The predicted molar refractivity (Wildman–Crippen MR) is 107 cm³/mol. The van der Waals surface area contributed by atoms with Crippen LogP contribution in [0.5, 0.6) is 0 Å². The molecular formula is C24H34O5. The van der Waals surface area contributed by atoms with Crippen molar-refractivity contribution in [3.05, 3.63) is 0 Å². The molecule has 0 spiro atoms. The van der Waals surface area contributed by atoms with Crippen LogP contribution in [0.3, 0.4) is 0 Å². The molecule has 0 aromatic rings. The standard InChI is InChI=1S/C24H34O5/c1-13(4-7-21(28)29)16-5-6-17-22-18(12-20(27)24(16,17)3)23(2)9-8-15(25)10-14(23)11-19(22)26/h13-14,16-18,22H,4-12H2,1-3H3,(H,28,29)/t13-,14+,16-,17?,18?,22+,23+,24-/m1/s1. The van der Waals surface area contributed by atoms with Crippen LogP contribution in [0.1, 0.15) is 78.6 Å². The molecule has 1 N–H and O–H groups in total. The van der Waals surface area contributed by atoms with Gasteiger partial charge in [0.25, 0.3) is 0 Å². The fraction of sp³-hybridized carbons (Fsp3) is 0.833. The third-order valence-corrected chi connectivity index (χ3v) is 9.72. The lowest BCUT2D eigenvalue weighted by Gasteiger charge is -2.58. The molecule has 2 unspecified atom stereocenters. The van der Waals surface area contributed by atoms with E-state index in [0.29, 0.717) is 32.1 Å². The van der Waals surface area contributed by atoms with Crippen molar-refractivity contribution in [3.8, 4) is 0 Å². The van der Waals surface area contributed by atoms with E-state index in [9.17, 15) is 19.2 Å². The van der Waals surface area contributed by atoms with Crippen molar-refractivity contribution in [1.82, 2.24) is 0 Å². The van der Waals surface area contributed by atoms with E-state index >= 15 is 0 Å². The van der Waals surface area contributed by atoms with Crippen LogP contribution in [0.25, 0.3) is 0 Å². The number of carbonyl (C=O) groups is 4. The zero-order valence-corrected chi connectivity index (χ0v) is 17.9. The van der Waals surface area contributed by atoms with E-state index in [4.69, 9.17) is 5.11 Å². The molecule has 0 heterocycles. The SMILES string of the molecule is C[C@H](CCC(=O)O)[C@H]1CCC2[C@@H]3C(=O)C[C@@H]4CC(=O)CC[C@]4(C)C3CC(=O)[C@@]21C. The lowest BCUT2D eigenvalue weighted by Crippen LogP contribution is -2.60. The van der Waals surface area contributed by atoms with E-state index < -0.39 is 11.4 Å². The predicted octanol–water partition coefficient (Wildman–Crippen LogP) is 4.07. The zero-order valence-electron chi connectivity index (χ0n) is 17.9. The average Bonchev–Trinajstić information content (AvgIpc) is 3.01. The van der Waals surface area contributed by atoms with Crippen molar-refractivity contribution in [3.63, 3.8) is 0 Å². The Kier molecular flexibility index (Phi) is 5.02. The summed E-state index contributed by atoms with van der Waals surface area (Å²) in [5.74, 6) is 0.524. The van der Waals surface area contributed by atoms with E-state index in [0.717, 1.165) is 19.3 Å². The summed E-state index contributed by atoms with van der Waals surface area (Å²) in [5, 5.41) is 9.06. The molecular weight excluding hydrogens is 368 g/mol. The van der Waals surface area contributed by atoms with Crippen LogP contribution in [0.2, 0.25) is 0 Å². The molecule has 4 fully saturated rings. The van der Waals surface area contributed by atoms with Crippen molar-refractivity contribution < 1.29 is 24.3 Å². The minimum absolute atomic E-state index is 0.0659. The Morgan fingerprint density at radius 3 is 2.52 bits per heavy atom. The summed E-state index contributed by atoms with van der Waals surface area (Å²) in [4.78, 5) is 50.0. The summed E-state index contributed by atoms with van der Waals surface area (Å²) < 4.78 is 0. The van der Waals surface area contributed by atoms with Crippen molar-refractivity contribution in [2.24, 2.45) is 46.3 Å². The summed E-state index contributed by atoms with van der Waals surface area (Å²) in [6.45, 7) is 6.37. The molecule has 5 heteroatoms. The summed E-state index contributed by atoms with van der Waals surface area (Å²) in [7, 11) is 0. The molecule has 4 rings (SSSR count). The van der Waals surface area contributed by atoms with Crippen LogP contribution in [-0.2, 0) is 19.2 Å². The second-order valence-corrected chi connectivity index (χ2v) is 10.9. The number of hydrogen-bond donors (Lipinski definition) is 1. The molecule has 0 radical (unpaired) electrons. The van der Waals surface area contributed by atoms with Crippen LogP contribution in [0.15, 0.2) is 0 Å². The summed E-state index contributed by atoms with van der Waals surface area (Å²) in [6.07, 6.45) is 5.33. The van der Waals surface area contributed by atoms with Gasteiger partial charge in [-0.25, -0.2) is 0 Å². The number of hydrogen-bond acceptors (Lipinski definition) is 4. The molecule has 0 aromatic carbocycles. The molecule has 4 aliphatic rings. The van der Waals surface area contributed by atoms with E-state index in [1.807, 2.05) is 0 Å². The highest BCUT2D eigenvalue weighted by Gasteiger charge is 2.66. The van der Waals surface area contributed by atoms with Crippen LogP contribution in [0, 0.1) is 46.3 Å². The number of carboxylic acid groups (broad SMARTS) is 1. The number of carbonyl (C=O) groups excluding carboxylic acids is 3. The Hall–Kier alpha value is -1.52. The van der Waals surface area contributed by atoms with Crippen molar-refractivity contribution in [1.29, 1.82) is 0 Å². The molecule has 0 amide bonds. The fourth-order valence-electron chi connectivity index (χ4n) is 7.94. The van der Waals surface area contributed by atoms with Crippen molar-refractivity contribution >= 4 is 23.3 Å². The summed E-state index contributed by atoms with van der Waals surface area (Å²) >= 11 is 0. The van der Waals surface area contributed by atoms with Crippen LogP contribution in [0.4, 0.5) is 0 Å². The first-order valence-corrected chi connectivity index (χ1v) is 11.4. The van der Waals surface area contributed by atoms with Crippen molar-refractivity contribution in [2.45, 2.75) is 78.6 Å². The van der Waals surface area contributed by atoms with Gasteiger partial charge in [0.15, 0.2) is 0 Å². The molecule has 0 saturated heterocycles. The zero-order chi connectivity index (χ0) is 21.1. The monoisotopic (exact) mass is 402 g/mol. The highest BCUT2D eigenvalue weighted by molar-refractivity contribution is 5.93. The highest BCUT2D eigenvalue weighted by Crippen LogP contribution is 2.66. The molecule has 8 atom stereocenters. The Bertz CT molecular complexity index is 756. The number of carboxylic acids is 1. The van der Waals surface area contributed by atoms with Crippen LogP contribution >= 0.6 is 0 Å². The normalized spacial score (nSPS) is 45.3. The number of aliphatic carboxylic acids is 1. The van der Waals surface area contributed by atoms with Gasteiger partial charge in [-0.3, -0.25) is 19.2 Å². The minimum Gasteiger partial charge on any atom is -0.481 e. The summed E-state index contributed by atoms with van der Waals surface area (Å²) in [6, 6.07) is 0. The van der Waals surface area contributed by atoms with Gasteiger partial charge in [-0.15, -0.1) is 0 Å². The maximum atomic E-state index is 13.6. The lowest BCUT2D eigenvalue weighted by atomic mass is 9.44. The van der Waals surface area contributed by atoms with E-state index in [-0.39, 0.29) is 64.7 Å². The second-order valence-electron chi connectivity index (χ2n) is 10.9. The molecule has 4 saturated carbocycles. The smallest absolute Gasteiger partial charge is 0.303 e. The Balaban J connectivity index is 1.63. The molecule has 5 nitrogen and oxygen atoms in total. The number of fused-ring (bicyclic) bond motifs is 5. The maximum absolute atomic E-state index is 13.6. The first-order chi connectivity index (χ1) is 13.6. The lowest BCUT2D eigenvalue weighted by molar-refractivity contribution is -0.166. The molecule has 0 aromatic heterocycles. The number of rotatable bonds is 4. The highest BCUT2D eigenvalue weighted by atomic mass is 16.4. The third-order valence-electron chi connectivity index (χ3n) is 9.72. The van der Waals surface area contributed by atoms with Gasteiger partial charge in [-0.1, -0.05) is 20.8 Å². The Morgan fingerprint density at radius 2 is 1.83 bits per heavy atom. The van der Waals surface area contributed by atoms with Crippen LogP contribution < -0.4 is 0 Å². The Labute approximate surface area is 173 Å². The molecule has 0 bridgehead atoms. The van der Waals surface area contributed by atoms with Gasteiger partial charge in [0.05, 0.1) is 0 Å². The van der Waals surface area contributed by atoms with Gasteiger partial charge in [0, 0.05) is 43.4 Å². The number of Topliss-reactive ketones (excluding diaryl/α,β-unsaturated/α-hetero) is 3. The van der Waals surface area contributed by atoms with E-state index in [2.05, 4.69) is 20.8 Å². The molecule has 160 valence electrons. The molecule has 4 aliphatic carbocycles. The van der Waals surface area contributed by atoms with Gasteiger partial charge in [-0.2, -0.15) is 0 Å². The van der Waals surface area contributed by atoms with Crippen LogP contribution in [-0.4, -0.2) is 28.4 Å². The first kappa shape index (κ1) is 20.7. The van der Waals surface area contributed by atoms with E-state index in [1.165, 1.54) is 0 Å². The first-order valence-electron chi connectivity index (χ1n) is 11.4. The fourth-order valence-corrected chi connectivity index (χ4v) is 7.94. The van der Waals surface area contributed by atoms with Gasteiger partial charge >= 0.3 is 5.97 Å². The van der Waals surface area contributed by atoms with Crippen molar-refractivity contribution in [2.75, 3.05) is 0 Å². The third kappa shape index (κ3) is 3.02.